The van der Waals surface area contributed by atoms with Crippen LogP contribution in [-0.4, -0.2) is 139 Å². The minimum Gasteiger partial charge on any atom is -0.444 e. The van der Waals surface area contributed by atoms with E-state index in [1.165, 1.54) is 0 Å². The van der Waals surface area contributed by atoms with Crippen molar-refractivity contribution in [3.8, 4) is 0 Å². The average Bonchev–Trinajstić information content (AvgIpc) is 3.39. The number of hydrogen-bond acceptors (Lipinski definition) is 13. The fourth-order valence-electron chi connectivity index (χ4n) is 2.88. The summed E-state index contributed by atoms with van der Waals surface area (Å²) in [4.78, 5) is 11.5. The SMILES string of the molecule is CC(C)(C)OC(=O)NCCOCCOCCOCCOCCOCCOCCOCCOCCn1cc(CN)nn1. The van der Waals surface area contributed by atoms with Gasteiger partial charge in [-0.3, -0.25) is 0 Å². The van der Waals surface area contributed by atoms with E-state index in [4.69, 9.17) is 48.4 Å². The molecule has 0 aliphatic heterocycles. The van der Waals surface area contributed by atoms with Gasteiger partial charge in [0.2, 0.25) is 0 Å². The highest BCUT2D eigenvalue weighted by Crippen LogP contribution is 2.06. The molecule has 240 valence electrons. The van der Waals surface area contributed by atoms with E-state index in [-0.39, 0.29) is 0 Å². The molecule has 3 N–H and O–H groups in total. The van der Waals surface area contributed by atoms with Gasteiger partial charge in [-0.1, -0.05) is 5.21 Å². The highest BCUT2D eigenvalue weighted by Gasteiger charge is 2.15. The molecule has 0 atom stereocenters. The van der Waals surface area contributed by atoms with Crippen LogP contribution >= 0.6 is 0 Å². The summed E-state index contributed by atoms with van der Waals surface area (Å²) in [5.74, 6) is 0. The molecule has 0 aromatic carbocycles. The molecule has 0 aliphatic rings. The van der Waals surface area contributed by atoms with Gasteiger partial charge in [0.25, 0.3) is 0 Å². The van der Waals surface area contributed by atoms with Gasteiger partial charge in [0.1, 0.15) is 5.60 Å². The van der Waals surface area contributed by atoms with E-state index in [1.54, 1.807) is 4.68 Å². The Labute approximate surface area is 243 Å². The van der Waals surface area contributed by atoms with Crippen molar-refractivity contribution in [1.29, 1.82) is 0 Å². The first kappa shape index (κ1) is 37.1. The molecule has 0 saturated heterocycles. The van der Waals surface area contributed by atoms with Crippen molar-refractivity contribution in [2.45, 2.75) is 39.5 Å². The third-order valence-corrected chi connectivity index (χ3v) is 4.78. The molecule has 1 amide bonds. The van der Waals surface area contributed by atoms with E-state index < -0.39 is 11.7 Å². The van der Waals surface area contributed by atoms with Crippen molar-refractivity contribution < 1.29 is 47.4 Å². The quantitative estimate of drug-likeness (QED) is 0.128. The Morgan fingerprint density at radius 1 is 0.707 bits per heavy atom. The summed E-state index contributed by atoms with van der Waals surface area (Å²) in [5, 5.41) is 10.5. The zero-order valence-corrected chi connectivity index (χ0v) is 25.0. The fourth-order valence-corrected chi connectivity index (χ4v) is 2.88. The molecular formula is C26H51N5O10. The summed E-state index contributed by atoms with van der Waals surface area (Å²) < 4.78 is 50.4. The lowest BCUT2D eigenvalue weighted by Gasteiger charge is -2.19. The Balaban J connectivity index is 1.67. The van der Waals surface area contributed by atoms with Crippen LogP contribution in [0.1, 0.15) is 26.5 Å². The molecule has 0 fully saturated rings. The predicted molar refractivity (Wildman–Crippen MR) is 149 cm³/mol. The first-order valence-corrected chi connectivity index (χ1v) is 14.1. The van der Waals surface area contributed by atoms with Gasteiger partial charge in [-0.05, 0) is 20.8 Å². The van der Waals surface area contributed by atoms with Crippen molar-refractivity contribution in [1.82, 2.24) is 20.3 Å². The van der Waals surface area contributed by atoms with Crippen LogP contribution in [0.25, 0.3) is 0 Å². The molecule has 0 unspecified atom stereocenters. The summed E-state index contributed by atoms with van der Waals surface area (Å²) in [5.41, 5.74) is 5.75. The van der Waals surface area contributed by atoms with E-state index in [9.17, 15) is 4.79 Å². The number of nitrogens with one attached hydrogen (secondary N) is 1. The number of carbonyl (C=O) groups excluding carboxylic acids is 1. The fraction of sp³-hybridized carbons (Fsp3) is 0.885. The van der Waals surface area contributed by atoms with E-state index in [2.05, 4.69) is 15.6 Å². The van der Waals surface area contributed by atoms with Gasteiger partial charge in [0.05, 0.1) is 118 Å². The van der Waals surface area contributed by atoms with Gasteiger partial charge in [-0.2, -0.15) is 0 Å². The van der Waals surface area contributed by atoms with Crippen LogP contribution in [0.4, 0.5) is 4.79 Å². The number of amides is 1. The van der Waals surface area contributed by atoms with Crippen LogP contribution in [0.5, 0.6) is 0 Å². The number of aromatic nitrogens is 3. The third-order valence-electron chi connectivity index (χ3n) is 4.78. The van der Waals surface area contributed by atoms with Gasteiger partial charge in [-0.25, -0.2) is 9.48 Å². The monoisotopic (exact) mass is 593 g/mol. The Morgan fingerprint density at radius 2 is 1.10 bits per heavy atom. The second kappa shape index (κ2) is 25.7. The number of carbonyl (C=O) groups is 1. The Morgan fingerprint density at radius 3 is 1.46 bits per heavy atom. The molecule has 1 heterocycles. The van der Waals surface area contributed by atoms with Gasteiger partial charge in [-0.15, -0.1) is 5.10 Å². The highest BCUT2D eigenvalue weighted by atomic mass is 16.6. The predicted octanol–water partition coefficient (Wildman–Crippen LogP) is 0.394. The molecule has 0 saturated carbocycles. The molecule has 1 rings (SSSR count). The van der Waals surface area contributed by atoms with Gasteiger partial charge in [0.15, 0.2) is 0 Å². The van der Waals surface area contributed by atoms with Crippen molar-refractivity contribution >= 4 is 6.09 Å². The zero-order chi connectivity index (χ0) is 29.9. The zero-order valence-electron chi connectivity index (χ0n) is 25.0. The largest absolute Gasteiger partial charge is 0.444 e. The van der Waals surface area contributed by atoms with Crippen molar-refractivity contribution in [2.75, 3.05) is 112 Å². The summed E-state index contributed by atoms with van der Waals surface area (Å²) >= 11 is 0. The van der Waals surface area contributed by atoms with Crippen LogP contribution < -0.4 is 11.1 Å². The van der Waals surface area contributed by atoms with Gasteiger partial charge in [0, 0.05) is 19.3 Å². The van der Waals surface area contributed by atoms with Gasteiger partial charge >= 0.3 is 6.09 Å². The number of hydrogen-bond donors (Lipinski definition) is 2. The minimum absolute atomic E-state index is 0.381. The molecule has 0 aliphatic carbocycles. The second-order valence-electron chi connectivity index (χ2n) is 9.50. The molecule has 15 heteroatoms. The van der Waals surface area contributed by atoms with E-state index >= 15 is 0 Å². The lowest BCUT2D eigenvalue weighted by Crippen LogP contribution is -2.34. The number of nitrogens with two attached hydrogens (primary N) is 1. The van der Waals surface area contributed by atoms with E-state index in [0.29, 0.717) is 125 Å². The third kappa shape index (κ3) is 25.5. The van der Waals surface area contributed by atoms with E-state index in [1.807, 2.05) is 27.0 Å². The maximum atomic E-state index is 11.5. The van der Waals surface area contributed by atoms with Crippen LogP contribution in [-0.2, 0) is 55.7 Å². The maximum Gasteiger partial charge on any atom is 0.407 e. The number of alkyl carbamates (subject to hydrolysis) is 1. The topological polar surface area (TPSA) is 169 Å². The van der Waals surface area contributed by atoms with Gasteiger partial charge < -0.3 is 53.7 Å². The smallest absolute Gasteiger partial charge is 0.407 e. The normalized spacial score (nSPS) is 11.7. The first-order valence-electron chi connectivity index (χ1n) is 14.1. The van der Waals surface area contributed by atoms with E-state index in [0.717, 1.165) is 5.69 Å². The Kier molecular flexibility index (Phi) is 23.3. The molecule has 0 bridgehead atoms. The molecule has 15 nitrogen and oxygen atoms in total. The molecule has 41 heavy (non-hydrogen) atoms. The lowest BCUT2D eigenvalue weighted by molar-refractivity contribution is -0.0232. The van der Waals surface area contributed by atoms with Crippen molar-refractivity contribution in [3.63, 3.8) is 0 Å². The molecule has 1 aromatic rings. The Hall–Kier alpha value is -1.95. The molecule has 0 spiro atoms. The summed E-state index contributed by atoms with van der Waals surface area (Å²) in [6, 6.07) is 0. The Bertz CT molecular complexity index is 736. The molecule has 1 aromatic heterocycles. The van der Waals surface area contributed by atoms with Crippen LogP contribution in [0.3, 0.4) is 0 Å². The second-order valence-corrected chi connectivity index (χ2v) is 9.50. The molecular weight excluding hydrogens is 542 g/mol. The first-order chi connectivity index (χ1) is 19.9. The standard InChI is InChI=1S/C26H51N5O10/c1-26(2,3)41-25(32)28-4-6-33-8-10-35-12-14-37-16-18-39-20-21-40-19-17-38-15-13-36-11-9-34-7-5-31-23-24(22-27)29-30-31/h23H,4-22,27H2,1-3H3,(H,28,32). The van der Waals surface area contributed by atoms with Crippen molar-refractivity contribution in [3.05, 3.63) is 11.9 Å². The summed E-state index contributed by atoms with van der Waals surface area (Å²) in [7, 11) is 0. The summed E-state index contributed by atoms with van der Waals surface area (Å²) in [6.07, 6.45) is 1.36. The lowest BCUT2D eigenvalue weighted by atomic mass is 10.2. The molecule has 0 radical (unpaired) electrons. The number of nitrogens with zero attached hydrogens (tertiary/aromatic N) is 3. The maximum absolute atomic E-state index is 11.5. The van der Waals surface area contributed by atoms with Crippen LogP contribution in [0.2, 0.25) is 0 Å². The number of ether oxygens (including phenoxy) is 9. The minimum atomic E-state index is -0.509. The van der Waals surface area contributed by atoms with Crippen LogP contribution in [0, 0.1) is 0 Å². The summed E-state index contributed by atoms with van der Waals surface area (Å²) in [6.45, 7) is 14.6. The highest BCUT2D eigenvalue weighted by molar-refractivity contribution is 5.67. The average molecular weight is 594 g/mol. The van der Waals surface area contributed by atoms with Crippen LogP contribution in [0.15, 0.2) is 6.20 Å². The van der Waals surface area contributed by atoms with Crippen molar-refractivity contribution in [2.24, 2.45) is 5.73 Å². The number of rotatable bonds is 28.